The summed E-state index contributed by atoms with van der Waals surface area (Å²) in [6.45, 7) is 8.45. The SMILES string of the molecule is C=Cc1c(C=C)c2cccc(-c3cc(-c4cccc(-c5cnc6ccccc6c5)c4)cc(-c4nc(-c5ccccc5)nc(-c5ccccc5)n4)c3)c2c2ccccc12. The normalized spacial score (nSPS) is 11.2. The van der Waals surface area contributed by atoms with Gasteiger partial charge in [-0.2, -0.15) is 0 Å². The van der Waals surface area contributed by atoms with Crippen molar-refractivity contribution in [2.24, 2.45) is 0 Å². The Kier molecular flexibility index (Phi) is 8.77. The third-order valence-corrected chi connectivity index (χ3v) is 10.9. The molecular formula is C54H36N4. The first-order valence-electron chi connectivity index (χ1n) is 19.4. The van der Waals surface area contributed by atoms with E-state index in [2.05, 4.69) is 116 Å². The molecule has 4 nitrogen and oxygen atoms in total. The Morgan fingerprint density at radius 2 is 0.862 bits per heavy atom. The van der Waals surface area contributed by atoms with Gasteiger partial charge in [-0.05, 0) is 96.9 Å². The van der Waals surface area contributed by atoms with E-state index < -0.39 is 0 Å². The van der Waals surface area contributed by atoms with Gasteiger partial charge >= 0.3 is 0 Å². The molecule has 0 saturated heterocycles. The molecule has 10 aromatic rings. The summed E-state index contributed by atoms with van der Waals surface area (Å²) < 4.78 is 0. The Balaban J connectivity index is 1.24. The molecule has 0 aliphatic carbocycles. The van der Waals surface area contributed by atoms with Crippen LogP contribution in [0.3, 0.4) is 0 Å². The quantitative estimate of drug-likeness (QED) is 0.146. The van der Waals surface area contributed by atoms with Gasteiger partial charge in [0.05, 0.1) is 5.52 Å². The molecule has 58 heavy (non-hydrogen) atoms. The van der Waals surface area contributed by atoms with Crippen LogP contribution in [0.15, 0.2) is 195 Å². The van der Waals surface area contributed by atoms with Crippen molar-refractivity contribution < 1.29 is 0 Å². The second kappa shape index (κ2) is 14.7. The van der Waals surface area contributed by atoms with Crippen LogP contribution >= 0.6 is 0 Å². The van der Waals surface area contributed by atoms with E-state index in [9.17, 15) is 0 Å². The number of fused-ring (bicyclic) bond motifs is 4. The second-order valence-electron chi connectivity index (χ2n) is 14.3. The Morgan fingerprint density at radius 1 is 0.362 bits per heavy atom. The summed E-state index contributed by atoms with van der Waals surface area (Å²) in [6, 6.07) is 61.2. The Bertz CT molecular complexity index is 3150. The average Bonchev–Trinajstić information content (AvgIpc) is 3.31. The zero-order valence-electron chi connectivity index (χ0n) is 31.7. The Morgan fingerprint density at radius 3 is 1.57 bits per heavy atom. The van der Waals surface area contributed by atoms with Crippen LogP contribution < -0.4 is 0 Å². The molecule has 8 aromatic carbocycles. The summed E-state index contributed by atoms with van der Waals surface area (Å²) >= 11 is 0. The maximum atomic E-state index is 5.17. The highest BCUT2D eigenvalue weighted by atomic mass is 15.0. The van der Waals surface area contributed by atoms with E-state index >= 15 is 0 Å². The molecule has 0 aliphatic heterocycles. The minimum Gasteiger partial charge on any atom is -0.256 e. The molecule has 0 aliphatic rings. The molecule has 0 saturated carbocycles. The van der Waals surface area contributed by atoms with Gasteiger partial charge in [0.15, 0.2) is 17.5 Å². The van der Waals surface area contributed by atoms with Gasteiger partial charge in [-0.3, -0.25) is 4.98 Å². The van der Waals surface area contributed by atoms with Gasteiger partial charge in [-0.15, -0.1) is 0 Å². The number of rotatable bonds is 8. The Hall–Kier alpha value is -7.82. The summed E-state index contributed by atoms with van der Waals surface area (Å²) in [5, 5.41) is 5.68. The van der Waals surface area contributed by atoms with Crippen LogP contribution in [0.5, 0.6) is 0 Å². The lowest BCUT2D eigenvalue weighted by atomic mass is 9.86. The van der Waals surface area contributed by atoms with Gasteiger partial charge < -0.3 is 0 Å². The molecule has 272 valence electrons. The zero-order chi connectivity index (χ0) is 39.0. The third kappa shape index (κ3) is 6.23. The molecule has 2 aromatic heterocycles. The standard InChI is InChI=1S/C54H36N4/c1-3-44-45(4-2)48-27-16-26-46(51(48)49-25-13-12-24-47(44)49)41-31-40(37-22-15-23-38(29-37)43-30-39-21-11-14-28-50(39)55-34-43)32-42(33-41)54-57-52(35-17-7-5-8-18-35)56-53(58-54)36-19-9-6-10-20-36/h3-34H,1-2H2. The highest BCUT2D eigenvalue weighted by molar-refractivity contribution is 6.19. The minimum absolute atomic E-state index is 0.594. The zero-order valence-corrected chi connectivity index (χ0v) is 31.7. The molecule has 4 heteroatoms. The van der Waals surface area contributed by atoms with Gasteiger partial charge in [-0.25, -0.2) is 15.0 Å². The van der Waals surface area contributed by atoms with Crippen molar-refractivity contribution >= 4 is 44.6 Å². The lowest BCUT2D eigenvalue weighted by Crippen LogP contribution is -2.00. The molecule has 0 spiro atoms. The number of hydrogen-bond donors (Lipinski definition) is 0. The van der Waals surface area contributed by atoms with E-state index in [0.717, 1.165) is 93.6 Å². The first-order valence-corrected chi connectivity index (χ1v) is 19.4. The van der Waals surface area contributed by atoms with Crippen molar-refractivity contribution in [2.45, 2.75) is 0 Å². The van der Waals surface area contributed by atoms with Crippen LogP contribution in [-0.4, -0.2) is 19.9 Å². The molecule has 2 heterocycles. The van der Waals surface area contributed by atoms with Crippen LogP contribution in [0, 0.1) is 0 Å². The van der Waals surface area contributed by atoms with E-state index in [0.29, 0.717) is 17.5 Å². The predicted octanol–water partition coefficient (Wildman–Crippen LogP) is 14.0. The second-order valence-corrected chi connectivity index (χ2v) is 14.3. The molecule has 0 unspecified atom stereocenters. The highest BCUT2D eigenvalue weighted by Gasteiger charge is 2.18. The average molecular weight is 741 g/mol. The minimum atomic E-state index is 0.594. The third-order valence-electron chi connectivity index (χ3n) is 10.9. The van der Waals surface area contributed by atoms with Gasteiger partial charge in [0.2, 0.25) is 0 Å². The first kappa shape index (κ1) is 34.7. The summed E-state index contributed by atoms with van der Waals surface area (Å²) in [4.78, 5) is 20.1. The van der Waals surface area contributed by atoms with Crippen molar-refractivity contribution in [1.82, 2.24) is 19.9 Å². The smallest absolute Gasteiger partial charge is 0.164 e. The van der Waals surface area contributed by atoms with Gasteiger partial charge in [-0.1, -0.05) is 165 Å². The van der Waals surface area contributed by atoms with E-state index in [4.69, 9.17) is 19.9 Å². The van der Waals surface area contributed by atoms with Crippen molar-refractivity contribution in [1.29, 1.82) is 0 Å². The number of aromatic nitrogens is 4. The molecule has 0 bridgehead atoms. The number of hydrogen-bond acceptors (Lipinski definition) is 4. The molecule has 10 rings (SSSR count). The topological polar surface area (TPSA) is 51.6 Å². The summed E-state index contributed by atoms with van der Waals surface area (Å²) in [6.07, 6.45) is 5.85. The maximum absolute atomic E-state index is 5.17. The molecule has 0 radical (unpaired) electrons. The van der Waals surface area contributed by atoms with Crippen molar-refractivity contribution in [3.05, 3.63) is 206 Å². The first-order chi connectivity index (χ1) is 28.6. The van der Waals surface area contributed by atoms with Crippen LogP contribution in [0.25, 0.3) is 112 Å². The molecule has 0 atom stereocenters. The summed E-state index contributed by atoms with van der Waals surface area (Å²) in [5.74, 6) is 1.83. The van der Waals surface area contributed by atoms with E-state index in [1.807, 2.05) is 91.1 Å². The number of benzene rings is 8. The monoisotopic (exact) mass is 740 g/mol. The maximum Gasteiger partial charge on any atom is 0.164 e. The summed E-state index contributed by atoms with van der Waals surface area (Å²) in [7, 11) is 0. The largest absolute Gasteiger partial charge is 0.256 e. The molecule has 0 N–H and O–H groups in total. The Labute approximate surface area is 337 Å². The van der Waals surface area contributed by atoms with Crippen LogP contribution in [0.4, 0.5) is 0 Å². The lowest BCUT2D eigenvalue weighted by molar-refractivity contribution is 1.07. The number of nitrogens with zero attached hydrogens (tertiary/aromatic N) is 4. The van der Waals surface area contributed by atoms with Crippen molar-refractivity contribution in [3.63, 3.8) is 0 Å². The van der Waals surface area contributed by atoms with Crippen LogP contribution in [0.2, 0.25) is 0 Å². The van der Waals surface area contributed by atoms with E-state index in [1.165, 1.54) is 0 Å². The fourth-order valence-electron chi connectivity index (χ4n) is 8.10. The van der Waals surface area contributed by atoms with Gasteiger partial charge in [0.25, 0.3) is 0 Å². The molecular weight excluding hydrogens is 705 g/mol. The van der Waals surface area contributed by atoms with E-state index in [-0.39, 0.29) is 0 Å². The van der Waals surface area contributed by atoms with Gasteiger partial charge in [0, 0.05) is 33.8 Å². The lowest BCUT2D eigenvalue weighted by Gasteiger charge is -2.18. The molecule has 0 fully saturated rings. The van der Waals surface area contributed by atoms with Crippen molar-refractivity contribution in [3.8, 4) is 67.5 Å². The summed E-state index contributed by atoms with van der Waals surface area (Å²) in [5.41, 5.74) is 12.3. The molecule has 0 amide bonds. The number of para-hydroxylation sites is 1. The highest BCUT2D eigenvalue weighted by Crippen LogP contribution is 2.42. The fraction of sp³-hybridized carbons (Fsp3) is 0. The number of pyridine rings is 1. The van der Waals surface area contributed by atoms with E-state index in [1.54, 1.807) is 0 Å². The predicted molar refractivity (Wildman–Crippen MR) is 243 cm³/mol. The van der Waals surface area contributed by atoms with Crippen LogP contribution in [-0.2, 0) is 0 Å². The fourth-order valence-corrected chi connectivity index (χ4v) is 8.10. The van der Waals surface area contributed by atoms with Crippen LogP contribution in [0.1, 0.15) is 11.1 Å². The van der Waals surface area contributed by atoms with Gasteiger partial charge in [0.1, 0.15) is 0 Å². The van der Waals surface area contributed by atoms with Crippen molar-refractivity contribution in [2.75, 3.05) is 0 Å².